The number of hydrogen-bond acceptors (Lipinski definition) is 5. The monoisotopic (exact) mass is 314 g/mol. The lowest BCUT2D eigenvalue weighted by atomic mass is 10.1. The maximum Gasteiger partial charge on any atom is 0.249 e. The second kappa shape index (κ2) is 6.98. The van der Waals surface area contributed by atoms with Crippen LogP contribution in [-0.4, -0.2) is 31.5 Å². The van der Waals surface area contributed by atoms with Gasteiger partial charge in [0.2, 0.25) is 12.7 Å². The molecule has 6 nitrogen and oxygen atoms in total. The van der Waals surface area contributed by atoms with Gasteiger partial charge in [0, 0.05) is 18.7 Å². The summed E-state index contributed by atoms with van der Waals surface area (Å²) in [5.41, 5.74) is 6.44. The van der Waals surface area contributed by atoms with Crippen molar-refractivity contribution in [2.45, 2.75) is 31.6 Å². The molecule has 7 heteroatoms. The fraction of sp³-hybridized carbons (Fsp3) is 0.500. The van der Waals surface area contributed by atoms with Gasteiger partial charge in [0.15, 0.2) is 11.5 Å². The largest absolute Gasteiger partial charge is 0.454 e. The van der Waals surface area contributed by atoms with Crippen LogP contribution in [0.2, 0.25) is 0 Å². The number of para-hydroxylation sites is 1. The molecule has 21 heavy (non-hydrogen) atoms. The number of rotatable bonds is 4. The molecule has 1 aromatic rings. The number of nitrogens with two attached hydrogens (primary N) is 1. The highest BCUT2D eigenvalue weighted by Crippen LogP contribution is 2.35. The van der Waals surface area contributed by atoms with E-state index < -0.39 is 6.10 Å². The molecular formula is C14H19ClN2O4. The van der Waals surface area contributed by atoms with Crippen molar-refractivity contribution in [2.75, 3.05) is 13.3 Å². The number of halogens is 1. The van der Waals surface area contributed by atoms with E-state index in [2.05, 4.69) is 5.32 Å². The molecule has 1 amide bonds. The molecule has 2 atom stereocenters. The molecule has 1 aromatic carbocycles. The van der Waals surface area contributed by atoms with Crippen LogP contribution >= 0.6 is 12.4 Å². The summed E-state index contributed by atoms with van der Waals surface area (Å²) >= 11 is 0. The average molecular weight is 315 g/mol. The molecule has 1 saturated heterocycles. The molecule has 0 aromatic heterocycles. The molecular weight excluding hydrogens is 296 g/mol. The number of ether oxygens (including phenoxy) is 3. The molecule has 3 rings (SSSR count). The van der Waals surface area contributed by atoms with E-state index in [0.717, 1.165) is 24.2 Å². The second-order valence-electron chi connectivity index (χ2n) is 4.93. The summed E-state index contributed by atoms with van der Waals surface area (Å²) in [5.74, 6) is 1.33. The topological polar surface area (TPSA) is 82.8 Å². The van der Waals surface area contributed by atoms with E-state index in [-0.39, 0.29) is 31.2 Å². The molecule has 2 aliphatic rings. The smallest absolute Gasteiger partial charge is 0.249 e. The van der Waals surface area contributed by atoms with Gasteiger partial charge in [-0.05, 0) is 18.9 Å². The third-order valence-corrected chi connectivity index (χ3v) is 3.59. The molecule has 0 saturated carbocycles. The molecule has 0 unspecified atom stereocenters. The van der Waals surface area contributed by atoms with Crippen molar-refractivity contribution in [3.05, 3.63) is 23.8 Å². The van der Waals surface area contributed by atoms with Gasteiger partial charge in [-0.25, -0.2) is 0 Å². The fourth-order valence-corrected chi connectivity index (χ4v) is 2.50. The molecule has 116 valence electrons. The van der Waals surface area contributed by atoms with Crippen LogP contribution in [0.1, 0.15) is 18.4 Å². The highest BCUT2D eigenvalue weighted by Gasteiger charge is 2.29. The van der Waals surface area contributed by atoms with Gasteiger partial charge in [0.1, 0.15) is 6.10 Å². The van der Waals surface area contributed by atoms with E-state index >= 15 is 0 Å². The van der Waals surface area contributed by atoms with Crippen LogP contribution in [0.15, 0.2) is 18.2 Å². The summed E-state index contributed by atoms with van der Waals surface area (Å²) in [5, 5.41) is 2.87. The van der Waals surface area contributed by atoms with Crippen LogP contribution in [0.3, 0.4) is 0 Å². The van der Waals surface area contributed by atoms with Gasteiger partial charge in [-0.3, -0.25) is 4.79 Å². The first-order valence-corrected chi connectivity index (χ1v) is 6.78. The van der Waals surface area contributed by atoms with E-state index in [1.165, 1.54) is 0 Å². The van der Waals surface area contributed by atoms with E-state index in [9.17, 15) is 4.79 Å². The third-order valence-electron chi connectivity index (χ3n) is 3.59. The number of amides is 1. The molecule has 3 N–H and O–H groups in total. The Balaban J connectivity index is 0.00000161. The zero-order chi connectivity index (χ0) is 13.9. The summed E-state index contributed by atoms with van der Waals surface area (Å²) in [6.45, 7) is 1.09. The Bertz CT molecular complexity index is 512. The first kappa shape index (κ1) is 15.9. The van der Waals surface area contributed by atoms with Crippen molar-refractivity contribution in [3.8, 4) is 11.5 Å². The summed E-state index contributed by atoms with van der Waals surface area (Å²) in [6, 6.07) is 5.64. The van der Waals surface area contributed by atoms with Crippen molar-refractivity contribution in [3.63, 3.8) is 0 Å². The summed E-state index contributed by atoms with van der Waals surface area (Å²) in [6.07, 6.45) is 1.17. The summed E-state index contributed by atoms with van der Waals surface area (Å²) in [4.78, 5) is 12.0. The van der Waals surface area contributed by atoms with Crippen molar-refractivity contribution in [1.82, 2.24) is 5.32 Å². The van der Waals surface area contributed by atoms with Crippen LogP contribution in [-0.2, 0) is 16.1 Å². The van der Waals surface area contributed by atoms with Gasteiger partial charge in [-0.2, -0.15) is 0 Å². The molecule has 1 fully saturated rings. The van der Waals surface area contributed by atoms with Crippen molar-refractivity contribution >= 4 is 18.3 Å². The Hall–Kier alpha value is -1.50. The SMILES string of the molecule is Cl.NC[C@H]1CC[C@@H](C(=O)NCc2cccc3c2OCO3)O1. The third kappa shape index (κ3) is 3.40. The minimum atomic E-state index is -0.391. The van der Waals surface area contributed by atoms with Crippen LogP contribution in [0, 0.1) is 0 Å². The van der Waals surface area contributed by atoms with Crippen LogP contribution in [0.25, 0.3) is 0 Å². The minimum Gasteiger partial charge on any atom is -0.454 e. The van der Waals surface area contributed by atoms with Gasteiger partial charge in [0.25, 0.3) is 0 Å². The van der Waals surface area contributed by atoms with Crippen molar-refractivity contribution in [1.29, 1.82) is 0 Å². The molecule has 0 bridgehead atoms. The van der Waals surface area contributed by atoms with Crippen LogP contribution < -0.4 is 20.5 Å². The van der Waals surface area contributed by atoms with E-state index in [1.54, 1.807) is 0 Å². The van der Waals surface area contributed by atoms with Crippen LogP contribution in [0.4, 0.5) is 0 Å². The van der Waals surface area contributed by atoms with Crippen molar-refractivity contribution in [2.24, 2.45) is 5.73 Å². The normalized spacial score (nSPS) is 22.7. The van der Waals surface area contributed by atoms with Crippen LogP contribution in [0.5, 0.6) is 11.5 Å². The number of carbonyl (C=O) groups is 1. The standard InChI is InChI=1S/C14H18N2O4.ClH/c15-6-10-4-5-12(20-10)14(17)16-7-9-2-1-3-11-13(9)19-8-18-11;/h1-3,10,12H,4-8,15H2,(H,16,17);1H/t10-,12+;/m1./s1. The molecule has 2 heterocycles. The first-order chi connectivity index (χ1) is 9.78. The Labute approximate surface area is 129 Å². The van der Waals surface area contributed by atoms with E-state index in [4.69, 9.17) is 19.9 Å². The molecule has 0 radical (unpaired) electrons. The Morgan fingerprint density at radius 2 is 2.19 bits per heavy atom. The van der Waals surface area contributed by atoms with Gasteiger partial charge in [-0.1, -0.05) is 12.1 Å². The number of carbonyl (C=O) groups excluding carboxylic acids is 1. The summed E-state index contributed by atoms with van der Waals surface area (Å²) in [7, 11) is 0. The number of hydrogen-bond donors (Lipinski definition) is 2. The number of fused-ring (bicyclic) bond motifs is 1. The molecule has 0 aliphatic carbocycles. The highest BCUT2D eigenvalue weighted by atomic mass is 35.5. The Morgan fingerprint density at radius 1 is 1.33 bits per heavy atom. The quantitative estimate of drug-likeness (QED) is 0.865. The fourth-order valence-electron chi connectivity index (χ4n) is 2.50. The lowest BCUT2D eigenvalue weighted by Gasteiger charge is -2.13. The average Bonchev–Trinajstić information content (AvgIpc) is 3.13. The predicted octanol–water partition coefficient (Wildman–Crippen LogP) is 0.960. The Kier molecular flexibility index (Phi) is 5.27. The first-order valence-electron chi connectivity index (χ1n) is 6.78. The zero-order valence-corrected chi connectivity index (χ0v) is 12.4. The second-order valence-corrected chi connectivity index (χ2v) is 4.93. The number of benzene rings is 1. The minimum absolute atomic E-state index is 0. The van der Waals surface area contributed by atoms with E-state index in [1.807, 2.05) is 18.2 Å². The maximum absolute atomic E-state index is 12.0. The molecule has 0 spiro atoms. The van der Waals surface area contributed by atoms with Gasteiger partial charge >= 0.3 is 0 Å². The van der Waals surface area contributed by atoms with Gasteiger partial charge < -0.3 is 25.3 Å². The lowest BCUT2D eigenvalue weighted by molar-refractivity contribution is -0.132. The number of nitrogens with one attached hydrogen (secondary N) is 1. The predicted molar refractivity (Wildman–Crippen MR) is 78.6 cm³/mol. The maximum atomic E-state index is 12.0. The highest BCUT2D eigenvalue weighted by molar-refractivity contribution is 5.85. The lowest BCUT2D eigenvalue weighted by Crippen LogP contribution is -2.35. The zero-order valence-electron chi connectivity index (χ0n) is 11.5. The van der Waals surface area contributed by atoms with Crippen molar-refractivity contribution < 1.29 is 19.0 Å². The summed E-state index contributed by atoms with van der Waals surface area (Å²) < 4.78 is 16.3. The molecule has 2 aliphatic heterocycles. The Morgan fingerprint density at radius 3 is 2.95 bits per heavy atom. The van der Waals surface area contributed by atoms with E-state index in [0.29, 0.717) is 18.8 Å². The van der Waals surface area contributed by atoms with Gasteiger partial charge in [-0.15, -0.1) is 12.4 Å². The van der Waals surface area contributed by atoms with Gasteiger partial charge in [0.05, 0.1) is 6.10 Å².